The third kappa shape index (κ3) is 1.96. The van der Waals surface area contributed by atoms with Gasteiger partial charge in [0, 0.05) is 0 Å². The second-order valence-electron chi connectivity index (χ2n) is 5.97. The minimum Gasteiger partial charge on any atom is -0.388 e. The molecule has 0 saturated carbocycles. The number of carbonyl (C=O) groups is 2. The summed E-state index contributed by atoms with van der Waals surface area (Å²) in [5, 5.41) is 58.7. The van der Waals surface area contributed by atoms with Crippen molar-refractivity contribution in [2.45, 2.75) is 48.7 Å². The first kappa shape index (κ1) is 15.6. The second-order valence-corrected chi connectivity index (χ2v) is 5.97. The van der Waals surface area contributed by atoms with E-state index in [0.29, 0.717) is 0 Å². The van der Waals surface area contributed by atoms with Gasteiger partial charge in [-0.05, 0) is 0 Å². The molecule has 3 rings (SSSR count). The zero-order valence-electron chi connectivity index (χ0n) is 11.4. The van der Waals surface area contributed by atoms with Crippen molar-refractivity contribution in [2.75, 3.05) is 13.1 Å². The van der Waals surface area contributed by atoms with Crippen LogP contribution in [0.5, 0.6) is 0 Å². The highest BCUT2D eigenvalue weighted by atomic mass is 16.4. The Hall–Kier alpha value is -1.30. The van der Waals surface area contributed by atoms with Crippen molar-refractivity contribution >= 4 is 11.8 Å². The van der Waals surface area contributed by atoms with E-state index in [2.05, 4.69) is 0 Å². The molecule has 10 heteroatoms. The standard InChI is InChI=1S/C12H18N2O8/c15-3-1-13-5(9(19)7(3)17)12(22)14-2-4(16)8(18)10(20)6(14)11(13)21/h3-10,15-20H,1-2H2/t3-,4-,5-,6-,7+,8+,9+,10+/m0/s1. The van der Waals surface area contributed by atoms with E-state index < -0.39 is 60.5 Å². The molecule has 10 nitrogen and oxygen atoms in total. The lowest BCUT2D eigenvalue weighted by Crippen LogP contribution is -2.78. The van der Waals surface area contributed by atoms with Gasteiger partial charge in [0.05, 0.1) is 13.1 Å². The lowest BCUT2D eigenvalue weighted by atomic mass is 9.84. The molecular weight excluding hydrogens is 300 g/mol. The molecule has 22 heavy (non-hydrogen) atoms. The van der Waals surface area contributed by atoms with Gasteiger partial charge in [0.2, 0.25) is 11.8 Å². The van der Waals surface area contributed by atoms with E-state index in [4.69, 9.17) is 0 Å². The van der Waals surface area contributed by atoms with Crippen LogP contribution in [0, 0.1) is 0 Å². The molecule has 0 aromatic rings. The number of piperazine rings is 1. The summed E-state index contributed by atoms with van der Waals surface area (Å²) in [7, 11) is 0. The smallest absolute Gasteiger partial charge is 0.249 e. The average molecular weight is 318 g/mol. The first-order valence-corrected chi connectivity index (χ1v) is 6.95. The van der Waals surface area contributed by atoms with E-state index in [1.54, 1.807) is 0 Å². The summed E-state index contributed by atoms with van der Waals surface area (Å²) >= 11 is 0. The SMILES string of the molecule is O=C1[C@@H]2[C@@H](O)[C@H](O)[C@@H](O)CN2C(=O)[C@@H]2[C@@H](O)[C@H](O)[C@@H](O)CN12. The minimum absolute atomic E-state index is 0.372. The molecule has 6 N–H and O–H groups in total. The molecule has 3 saturated heterocycles. The Balaban J connectivity index is 1.97. The van der Waals surface area contributed by atoms with Crippen LogP contribution in [0.1, 0.15) is 0 Å². The molecule has 0 unspecified atom stereocenters. The number of rotatable bonds is 0. The van der Waals surface area contributed by atoms with Gasteiger partial charge in [-0.1, -0.05) is 0 Å². The zero-order valence-corrected chi connectivity index (χ0v) is 11.4. The fourth-order valence-corrected chi connectivity index (χ4v) is 3.40. The van der Waals surface area contributed by atoms with Crippen molar-refractivity contribution in [3.63, 3.8) is 0 Å². The molecule has 0 radical (unpaired) electrons. The van der Waals surface area contributed by atoms with Gasteiger partial charge in [0.15, 0.2) is 0 Å². The number of piperidine rings is 2. The quantitative estimate of drug-likeness (QED) is 0.258. The van der Waals surface area contributed by atoms with Crippen LogP contribution in [0.2, 0.25) is 0 Å². The Labute approximate surface area is 124 Å². The first-order valence-electron chi connectivity index (χ1n) is 6.95. The summed E-state index contributed by atoms with van der Waals surface area (Å²) in [5.74, 6) is -1.51. The fourth-order valence-electron chi connectivity index (χ4n) is 3.40. The first-order chi connectivity index (χ1) is 10.3. The van der Waals surface area contributed by atoms with Gasteiger partial charge in [-0.3, -0.25) is 9.59 Å². The molecule has 2 amide bonds. The maximum atomic E-state index is 12.5. The van der Waals surface area contributed by atoms with Crippen LogP contribution in [0.3, 0.4) is 0 Å². The van der Waals surface area contributed by atoms with E-state index in [-0.39, 0.29) is 13.1 Å². The summed E-state index contributed by atoms with van der Waals surface area (Å²) in [6.07, 6.45) is -9.37. The Kier molecular flexibility index (Phi) is 3.62. The highest BCUT2D eigenvalue weighted by Gasteiger charge is 2.59. The lowest BCUT2D eigenvalue weighted by molar-refractivity contribution is -0.208. The largest absolute Gasteiger partial charge is 0.388 e. The Bertz CT molecular complexity index is 458. The van der Waals surface area contributed by atoms with Crippen LogP contribution in [-0.4, -0.2) is 114 Å². The molecule has 124 valence electrons. The van der Waals surface area contributed by atoms with E-state index in [0.717, 1.165) is 9.80 Å². The van der Waals surface area contributed by atoms with Crippen LogP contribution < -0.4 is 0 Å². The third-order valence-corrected chi connectivity index (χ3v) is 4.65. The number of hydrogen-bond donors (Lipinski definition) is 6. The highest BCUT2D eigenvalue weighted by Crippen LogP contribution is 2.31. The highest BCUT2D eigenvalue weighted by molar-refractivity contribution is 5.98. The summed E-state index contributed by atoms with van der Waals surface area (Å²) < 4.78 is 0. The lowest BCUT2D eigenvalue weighted by Gasteiger charge is -2.54. The molecule has 0 aromatic carbocycles. The van der Waals surface area contributed by atoms with Gasteiger partial charge in [-0.2, -0.15) is 0 Å². The molecular formula is C12H18N2O8. The minimum atomic E-state index is -1.68. The summed E-state index contributed by atoms with van der Waals surface area (Å²) in [6.45, 7) is -0.744. The zero-order chi connectivity index (χ0) is 16.3. The number of aliphatic hydroxyl groups excluding tert-OH is 6. The fraction of sp³-hybridized carbons (Fsp3) is 0.833. The molecule has 3 aliphatic heterocycles. The van der Waals surface area contributed by atoms with Gasteiger partial charge in [-0.15, -0.1) is 0 Å². The van der Waals surface area contributed by atoms with E-state index in [9.17, 15) is 40.2 Å². The molecule has 3 heterocycles. The summed E-state index contributed by atoms with van der Waals surface area (Å²) in [6, 6.07) is -2.78. The predicted molar refractivity (Wildman–Crippen MR) is 67.0 cm³/mol. The van der Waals surface area contributed by atoms with Crippen molar-refractivity contribution in [1.29, 1.82) is 0 Å². The third-order valence-electron chi connectivity index (χ3n) is 4.65. The predicted octanol–water partition coefficient (Wildman–Crippen LogP) is -5.41. The Morgan fingerprint density at radius 1 is 0.636 bits per heavy atom. The monoisotopic (exact) mass is 318 g/mol. The maximum absolute atomic E-state index is 12.5. The summed E-state index contributed by atoms with van der Waals surface area (Å²) in [4.78, 5) is 26.8. The van der Waals surface area contributed by atoms with Gasteiger partial charge >= 0.3 is 0 Å². The van der Waals surface area contributed by atoms with Gasteiger partial charge in [-0.25, -0.2) is 0 Å². The molecule has 0 bridgehead atoms. The number of hydrogen-bond acceptors (Lipinski definition) is 8. The molecule has 3 fully saturated rings. The number of nitrogens with zero attached hydrogens (tertiary/aromatic N) is 2. The van der Waals surface area contributed by atoms with Crippen molar-refractivity contribution < 1.29 is 40.2 Å². The van der Waals surface area contributed by atoms with Crippen LogP contribution >= 0.6 is 0 Å². The van der Waals surface area contributed by atoms with Crippen molar-refractivity contribution in [2.24, 2.45) is 0 Å². The van der Waals surface area contributed by atoms with E-state index in [1.807, 2.05) is 0 Å². The van der Waals surface area contributed by atoms with Crippen molar-refractivity contribution in [1.82, 2.24) is 9.80 Å². The van der Waals surface area contributed by atoms with Crippen LogP contribution in [-0.2, 0) is 9.59 Å². The van der Waals surface area contributed by atoms with Crippen LogP contribution in [0.25, 0.3) is 0 Å². The molecule has 0 spiro atoms. The number of aliphatic hydroxyl groups is 6. The second kappa shape index (κ2) is 5.11. The van der Waals surface area contributed by atoms with Crippen molar-refractivity contribution in [3.05, 3.63) is 0 Å². The van der Waals surface area contributed by atoms with E-state index >= 15 is 0 Å². The molecule has 0 aromatic heterocycles. The van der Waals surface area contributed by atoms with Gasteiger partial charge in [0.1, 0.15) is 48.7 Å². The van der Waals surface area contributed by atoms with Crippen LogP contribution in [0.15, 0.2) is 0 Å². The maximum Gasteiger partial charge on any atom is 0.249 e. The number of fused-ring (bicyclic) bond motifs is 2. The molecule has 8 atom stereocenters. The number of amides is 2. The Morgan fingerprint density at radius 2 is 0.955 bits per heavy atom. The topological polar surface area (TPSA) is 162 Å². The molecule has 3 aliphatic rings. The van der Waals surface area contributed by atoms with Crippen molar-refractivity contribution in [3.8, 4) is 0 Å². The summed E-state index contributed by atoms with van der Waals surface area (Å²) in [5.41, 5.74) is 0. The molecule has 0 aliphatic carbocycles. The normalized spacial score (nSPS) is 49.0. The average Bonchev–Trinajstić information content (AvgIpc) is 2.47. The van der Waals surface area contributed by atoms with E-state index in [1.165, 1.54) is 0 Å². The Morgan fingerprint density at radius 3 is 1.27 bits per heavy atom. The number of carbonyl (C=O) groups excluding carboxylic acids is 2. The van der Waals surface area contributed by atoms with Crippen LogP contribution in [0.4, 0.5) is 0 Å². The van der Waals surface area contributed by atoms with Gasteiger partial charge in [0.25, 0.3) is 0 Å². The van der Waals surface area contributed by atoms with Gasteiger partial charge < -0.3 is 40.4 Å².